The fourth-order valence-corrected chi connectivity index (χ4v) is 2.81. The van der Waals surface area contributed by atoms with Crippen molar-refractivity contribution >= 4 is 5.82 Å². The smallest absolute Gasteiger partial charge is 0.156 e. The number of aromatic nitrogens is 2. The van der Waals surface area contributed by atoms with E-state index in [1.807, 2.05) is 0 Å². The molecule has 21 heavy (non-hydrogen) atoms. The quantitative estimate of drug-likeness (QED) is 0.891. The summed E-state index contributed by atoms with van der Waals surface area (Å²) in [5, 5.41) is 3.52. The summed E-state index contributed by atoms with van der Waals surface area (Å²) in [4.78, 5) is 9.18. The monoisotopic (exact) mass is 293 g/mol. The topological polar surface area (TPSA) is 65.5 Å². The molecule has 2 aliphatic rings. The van der Waals surface area contributed by atoms with Crippen LogP contribution in [0.3, 0.4) is 0 Å². The van der Waals surface area contributed by atoms with Gasteiger partial charge in [0.2, 0.25) is 0 Å². The molecular formula is C15H23N3O3. The largest absolute Gasteiger partial charge is 0.381 e. The van der Waals surface area contributed by atoms with Crippen LogP contribution in [0.5, 0.6) is 0 Å². The zero-order valence-electron chi connectivity index (χ0n) is 12.5. The zero-order chi connectivity index (χ0) is 14.5. The molecule has 0 bridgehead atoms. The summed E-state index contributed by atoms with van der Waals surface area (Å²) < 4.78 is 16.1. The number of nitrogens with zero attached hydrogens (tertiary/aromatic N) is 2. The lowest BCUT2D eigenvalue weighted by molar-refractivity contribution is 0.0903. The van der Waals surface area contributed by atoms with E-state index in [1.54, 1.807) is 7.11 Å². The first kappa shape index (κ1) is 14.7. The van der Waals surface area contributed by atoms with E-state index in [9.17, 15) is 0 Å². The number of methoxy groups -OCH3 is 1. The minimum Gasteiger partial charge on any atom is -0.381 e. The van der Waals surface area contributed by atoms with E-state index in [0.717, 1.165) is 63.0 Å². The molecule has 0 aromatic carbocycles. The number of nitrogens with one attached hydrogen (secondary N) is 1. The molecule has 0 saturated carbocycles. The Kier molecular flexibility index (Phi) is 5.00. The average molecular weight is 293 g/mol. The van der Waals surface area contributed by atoms with Crippen molar-refractivity contribution in [1.82, 2.24) is 9.97 Å². The van der Waals surface area contributed by atoms with Crippen molar-refractivity contribution in [3.8, 4) is 0 Å². The molecule has 0 radical (unpaired) electrons. The van der Waals surface area contributed by atoms with Gasteiger partial charge in [-0.15, -0.1) is 0 Å². The SMILES string of the molecule is COCc1nc(NC2CCOCC2)cc(C2CCOC2)n1. The summed E-state index contributed by atoms with van der Waals surface area (Å²) in [5.41, 5.74) is 1.06. The van der Waals surface area contributed by atoms with Crippen molar-refractivity contribution in [3.05, 3.63) is 17.6 Å². The Balaban J connectivity index is 1.76. The Morgan fingerprint density at radius 3 is 2.71 bits per heavy atom. The van der Waals surface area contributed by atoms with Crippen LogP contribution in [0, 0.1) is 0 Å². The number of hydrogen-bond donors (Lipinski definition) is 1. The average Bonchev–Trinajstić information content (AvgIpc) is 3.03. The molecule has 6 nitrogen and oxygen atoms in total. The van der Waals surface area contributed by atoms with Crippen molar-refractivity contribution in [2.24, 2.45) is 0 Å². The molecule has 1 atom stereocenters. The molecule has 1 unspecified atom stereocenters. The summed E-state index contributed by atoms with van der Waals surface area (Å²) in [5.74, 6) is 2.00. The molecule has 1 aromatic heterocycles. The third-order valence-corrected chi connectivity index (χ3v) is 3.99. The van der Waals surface area contributed by atoms with Crippen molar-refractivity contribution in [1.29, 1.82) is 0 Å². The van der Waals surface area contributed by atoms with Gasteiger partial charge in [0.15, 0.2) is 5.82 Å². The summed E-state index contributed by atoms with van der Waals surface area (Å²) >= 11 is 0. The van der Waals surface area contributed by atoms with Crippen LogP contribution in [-0.2, 0) is 20.8 Å². The molecule has 2 aliphatic heterocycles. The van der Waals surface area contributed by atoms with Crippen LogP contribution in [-0.4, -0.2) is 49.5 Å². The van der Waals surface area contributed by atoms with E-state index >= 15 is 0 Å². The van der Waals surface area contributed by atoms with Crippen LogP contribution < -0.4 is 5.32 Å². The van der Waals surface area contributed by atoms with E-state index in [-0.39, 0.29) is 0 Å². The maximum atomic E-state index is 5.47. The van der Waals surface area contributed by atoms with Crippen LogP contribution in [0.15, 0.2) is 6.07 Å². The standard InChI is InChI=1S/C15H23N3O3/c1-19-10-15-17-13(11-2-5-21-9-11)8-14(18-15)16-12-3-6-20-7-4-12/h8,11-12H,2-7,9-10H2,1H3,(H,16,17,18). The maximum Gasteiger partial charge on any atom is 0.156 e. The van der Waals surface area contributed by atoms with Crippen LogP contribution in [0.2, 0.25) is 0 Å². The first-order valence-corrected chi connectivity index (χ1v) is 7.64. The van der Waals surface area contributed by atoms with Gasteiger partial charge in [-0.2, -0.15) is 0 Å². The Morgan fingerprint density at radius 2 is 2.00 bits per heavy atom. The van der Waals surface area contributed by atoms with Gasteiger partial charge in [0, 0.05) is 45.0 Å². The molecule has 0 aliphatic carbocycles. The normalized spacial score (nSPS) is 23.4. The number of ether oxygens (including phenoxy) is 3. The Labute approximate surface area is 125 Å². The first-order valence-electron chi connectivity index (χ1n) is 7.64. The van der Waals surface area contributed by atoms with E-state index < -0.39 is 0 Å². The predicted molar refractivity (Wildman–Crippen MR) is 78.4 cm³/mol. The fraction of sp³-hybridized carbons (Fsp3) is 0.733. The van der Waals surface area contributed by atoms with Crippen LogP contribution in [0.25, 0.3) is 0 Å². The van der Waals surface area contributed by atoms with Gasteiger partial charge in [-0.25, -0.2) is 9.97 Å². The third-order valence-electron chi connectivity index (χ3n) is 3.99. The second kappa shape index (κ2) is 7.15. The molecule has 0 spiro atoms. The predicted octanol–water partition coefficient (Wildman–Crippen LogP) is 1.72. The van der Waals surface area contributed by atoms with E-state index in [4.69, 9.17) is 14.2 Å². The van der Waals surface area contributed by atoms with Gasteiger partial charge in [0.25, 0.3) is 0 Å². The second-order valence-corrected chi connectivity index (χ2v) is 5.62. The zero-order valence-corrected chi connectivity index (χ0v) is 12.5. The molecule has 3 heterocycles. The molecule has 6 heteroatoms. The molecule has 1 aromatic rings. The van der Waals surface area contributed by atoms with Crippen LogP contribution in [0.4, 0.5) is 5.82 Å². The highest BCUT2D eigenvalue weighted by Gasteiger charge is 2.21. The molecular weight excluding hydrogens is 270 g/mol. The lowest BCUT2D eigenvalue weighted by atomic mass is 10.0. The molecule has 116 valence electrons. The van der Waals surface area contributed by atoms with E-state index in [1.165, 1.54) is 0 Å². The van der Waals surface area contributed by atoms with Crippen molar-refractivity contribution < 1.29 is 14.2 Å². The van der Waals surface area contributed by atoms with Gasteiger partial charge < -0.3 is 19.5 Å². The Morgan fingerprint density at radius 1 is 1.19 bits per heavy atom. The molecule has 2 saturated heterocycles. The highest BCUT2D eigenvalue weighted by atomic mass is 16.5. The minimum absolute atomic E-state index is 0.374. The van der Waals surface area contributed by atoms with Crippen molar-refractivity contribution in [2.45, 2.75) is 37.8 Å². The minimum atomic E-state index is 0.374. The summed E-state index contributed by atoms with van der Waals surface area (Å²) in [6, 6.07) is 2.49. The maximum absolute atomic E-state index is 5.47. The molecule has 1 N–H and O–H groups in total. The lowest BCUT2D eigenvalue weighted by Crippen LogP contribution is -2.28. The molecule has 0 amide bonds. The van der Waals surface area contributed by atoms with E-state index in [0.29, 0.717) is 18.6 Å². The number of rotatable bonds is 5. The first-order chi connectivity index (χ1) is 10.3. The van der Waals surface area contributed by atoms with E-state index in [2.05, 4.69) is 21.4 Å². The van der Waals surface area contributed by atoms with Gasteiger partial charge in [0.1, 0.15) is 12.4 Å². The Hall–Kier alpha value is -1.24. The van der Waals surface area contributed by atoms with Crippen molar-refractivity contribution in [3.63, 3.8) is 0 Å². The van der Waals surface area contributed by atoms with Gasteiger partial charge in [-0.1, -0.05) is 0 Å². The Bertz CT molecular complexity index is 457. The van der Waals surface area contributed by atoms with Gasteiger partial charge in [-0.3, -0.25) is 0 Å². The van der Waals surface area contributed by atoms with Gasteiger partial charge >= 0.3 is 0 Å². The van der Waals surface area contributed by atoms with Crippen molar-refractivity contribution in [2.75, 3.05) is 38.9 Å². The van der Waals surface area contributed by atoms with Crippen LogP contribution >= 0.6 is 0 Å². The highest BCUT2D eigenvalue weighted by Crippen LogP contribution is 2.26. The fourth-order valence-electron chi connectivity index (χ4n) is 2.81. The van der Waals surface area contributed by atoms with Crippen LogP contribution in [0.1, 0.15) is 36.7 Å². The molecule has 2 fully saturated rings. The summed E-state index contributed by atoms with van der Waals surface area (Å²) in [7, 11) is 1.67. The number of hydrogen-bond acceptors (Lipinski definition) is 6. The van der Waals surface area contributed by atoms with Gasteiger partial charge in [-0.05, 0) is 19.3 Å². The highest BCUT2D eigenvalue weighted by molar-refractivity contribution is 5.38. The second-order valence-electron chi connectivity index (χ2n) is 5.62. The van der Waals surface area contributed by atoms with Gasteiger partial charge in [0.05, 0.1) is 12.3 Å². The summed E-state index contributed by atoms with van der Waals surface area (Å²) in [6.45, 7) is 3.63. The lowest BCUT2D eigenvalue weighted by Gasteiger charge is -2.24. The third kappa shape index (κ3) is 3.90. The summed E-state index contributed by atoms with van der Waals surface area (Å²) in [6.07, 6.45) is 3.07. The number of anilines is 1. The molecule has 3 rings (SSSR count).